The van der Waals surface area contributed by atoms with Crippen molar-refractivity contribution in [1.82, 2.24) is 5.32 Å². The number of ketones is 2. The number of carbonyl (C=O) groups excluding carboxylic acids is 3. The highest BCUT2D eigenvalue weighted by molar-refractivity contribution is 6.38. The van der Waals surface area contributed by atoms with Gasteiger partial charge in [-0.05, 0) is 25.0 Å². The maximum atomic E-state index is 11.6. The number of nitrogens with one attached hydrogen (secondary N) is 1. The molecule has 0 radical (unpaired) electrons. The number of nitrogens with two attached hydrogens (primary N) is 1. The van der Waals surface area contributed by atoms with E-state index in [1.165, 1.54) is 6.92 Å². The molecule has 5 nitrogen and oxygen atoms in total. The molecular formula is C15H20N2O3. The fourth-order valence-corrected chi connectivity index (χ4v) is 1.78. The molecule has 0 aliphatic rings. The van der Waals surface area contributed by atoms with E-state index in [1.807, 2.05) is 6.92 Å². The van der Waals surface area contributed by atoms with Crippen molar-refractivity contribution in [2.75, 3.05) is 0 Å². The van der Waals surface area contributed by atoms with Crippen molar-refractivity contribution in [1.29, 1.82) is 0 Å². The van der Waals surface area contributed by atoms with Gasteiger partial charge in [0.05, 0.1) is 6.04 Å². The van der Waals surface area contributed by atoms with Gasteiger partial charge >= 0.3 is 0 Å². The molecule has 0 saturated heterocycles. The van der Waals surface area contributed by atoms with Gasteiger partial charge in [0.25, 0.3) is 5.91 Å². The topological polar surface area (TPSA) is 89.3 Å². The number of hydrogen-bond donors (Lipinski definition) is 2. The van der Waals surface area contributed by atoms with E-state index in [2.05, 4.69) is 5.32 Å². The van der Waals surface area contributed by atoms with Gasteiger partial charge in [0.1, 0.15) is 0 Å². The molecule has 1 amide bonds. The van der Waals surface area contributed by atoms with E-state index in [4.69, 9.17) is 5.73 Å². The van der Waals surface area contributed by atoms with E-state index in [0.717, 1.165) is 12.0 Å². The van der Waals surface area contributed by atoms with Gasteiger partial charge in [-0.15, -0.1) is 0 Å². The third kappa shape index (κ3) is 4.59. The van der Waals surface area contributed by atoms with Crippen molar-refractivity contribution in [3.63, 3.8) is 0 Å². The van der Waals surface area contributed by atoms with Gasteiger partial charge in [0.2, 0.25) is 5.78 Å². The summed E-state index contributed by atoms with van der Waals surface area (Å²) >= 11 is 0. The zero-order valence-electron chi connectivity index (χ0n) is 11.8. The zero-order valence-corrected chi connectivity index (χ0v) is 11.8. The van der Waals surface area contributed by atoms with Crippen molar-refractivity contribution < 1.29 is 14.4 Å². The summed E-state index contributed by atoms with van der Waals surface area (Å²) in [5.41, 5.74) is 6.95. The van der Waals surface area contributed by atoms with Gasteiger partial charge in [0, 0.05) is 12.1 Å². The van der Waals surface area contributed by atoms with Crippen molar-refractivity contribution in [2.24, 2.45) is 5.73 Å². The van der Waals surface area contributed by atoms with Crippen LogP contribution in [0.1, 0.15) is 42.6 Å². The molecule has 0 fully saturated rings. The quantitative estimate of drug-likeness (QED) is 0.578. The Morgan fingerprint density at radius 1 is 1.30 bits per heavy atom. The molecule has 0 heterocycles. The normalized spacial score (nSPS) is 11.8. The second-order valence-electron chi connectivity index (χ2n) is 4.70. The molecule has 0 bridgehead atoms. The van der Waals surface area contributed by atoms with E-state index in [9.17, 15) is 14.4 Å². The van der Waals surface area contributed by atoms with Gasteiger partial charge in [-0.2, -0.15) is 0 Å². The first kappa shape index (κ1) is 16.0. The number of hydrogen-bond acceptors (Lipinski definition) is 4. The van der Waals surface area contributed by atoms with Crippen LogP contribution in [0.3, 0.4) is 0 Å². The molecule has 0 aliphatic heterocycles. The molecule has 1 aromatic rings. The fourth-order valence-electron chi connectivity index (χ4n) is 1.78. The van der Waals surface area contributed by atoms with Crippen molar-refractivity contribution in [3.8, 4) is 0 Å². The maximum Gasteiger partial charge on any atom is 0.289 e. The molecule has 0 spiro atoms. The van der Waals surface area contributed by atoms with E-state index >= 15 is 0 Å². The van der Waals surface area contributed by atoms with Crippen LogP contribution in [0.2, 0.25) is 0 Å². The average Bonchev–Trinajstić information content (AvgIpc) is 2.44. The van der Waals surface area contributed by atoms with Crippen LogP contribution < -0.4 is 11.1 Å². The lowest BCUT2D eigenvalue weighted by Gasteiger charge is -2.10. The molecule has 0 saturated carbocycles. The Kier molecular flexibility index (Phi) is 6.06. The minimum absolute atomic E-state index is 0.0424. The number of Topliss-reactive ketones (excluding diaryl/α,β-unsaturated/α-hetero) is 2. The van der Waals surface area contributed by atoms with Crippen LogP contribution >= 0.6 is 0 Å². The van der Waals surface area contributed by atoms with E-state index in [0.29, 0.717) is 12.0 Å². The molecule has 108 valence electrons. The monoisotopic (exact) mass is 276 g/mol. The van der Waals surface area contributed by atoms with Crippen molar-refractivity contribution in [3.05, 3.63) is 35.4 Å². The summed E-state index contributed by atoms with van der Waals surface area (Å²) in [6.45, 7) is 3.58. The third-order valence-electron chi connectivity index (χ3n) is 2.95. The summed E-state index contributed by atoms with van der Waals surface area (Å²) in [6, 6.07) is 6.17. The number of benzene rings is 1. The minimum Gasteiger partial charge on any atom is -0.345 e. The molecule has 20 heavy (non-hydrogen) atoms. The first-order valence-corrected chi connectivity index (χ1v) is 6.63. The smallest absolute Gasteiger partial charge is 0.289 e. The highest BCUT2D eigenvalue weighted by Crippen LogP contribution is 2.06. The first-order chi connectivity index (χ1) is 9.45. The number of amides is 1. The Labute approximate surface area is 118 Å². The van der Waals surface area contributed by atoms with E-state index in [1.54, 1.807) is 24.3 Å². The molecule has 1 aromatic carbocycles. The second-order valence-corrected chi connectivity index (χ2v) is 4.70. The molecule has 1 rings (SSSR count). The molecule has 3 N–H and O–H groups in total. The summed E-state index contributed by atoms with van der Waals surface area (Å²) in [4.78, 5) is 34.5. The molecule has 0 aromatic heterocycles. The zero-order chi connectivity index (χ0) is 15.1. The summed E-state index contributed by atoms with van der Waals surface area (Å²) < 4.78 is 0. The van der Waals surface area contributed by atoms with Crippen LogP contribution in [0.4, 0.5) is 0 Å². The number of carbonyl (C=O) groups is 3. The fraction of sp³-hybridized carbons (Fsp3) is 0.400. The van der Waals surface area contributed by atoms with E-state index in [-0.39, 0.29) is 12.3 Å². The highest BCUT2D eigenvalue weighted by Gasteiger charge is 2.20. The Balaban J connectivity index is 2.59. The molecule has 1 atom stereocenters. The predicted molar refractivity (Wildman–Crippen MR) is 76.2 cm³/mol. The van der Waals surface area contributed by atoms with Gasteiger partial charge in [-0.25, -0.2) is 0 Å². The van der Waals surface area contributed by atoms with Gasteiger partial charge in [-0.3, -0.25) is 14.4 Å². The van der Waals surface area contributed by atoms with Crippen LogP contribution in [0.25, 0.3) is 0 Å². The predicted octanol–water partition coefficient (Wildman–Crippen LogP) is 1.20. The lowest BCUT2D eigenvalue weighted by Crippen LogP contribution is -2.42. The van der Waals surface area contributed by atoms with Crippen molar-refractivity contribution in [2.45, 2.75) is 39.3 Å². The van der Waals surface area contributed by atoms with Crippen LogP contribution in [0.5, 0.6) is 0 Å². The van der Waals surface area contributed by atoms with Crippen LogP contribution in [-0.2, 0) is 16.1 Å². The summed E-state index contributed by atoms with van der Waals surface area (Å²) in [7, 11) is 0. The molecule has 1 unspecified atom stereocenters. The number of rotatable bonds is 7. The Bertz CT molecular complexity index is 512. The Hall–Kier alpha value is -2.01. The Morgan fingerprint density at radius 3 is 2.60 bits per heavy atom. The summed E-state index contributed by atoms with van der Waals surface area (Å²) in [6.07, 6.45) is 1.24. The molecule has 0 aliphatic carbocycles. The maximum absolute atomic E-state index is 11.6. The molecular weight excluding hydrogens is 256 g/mol. The largest absolute Gasteiger partial charge is 0.345 e. The lowest BCUT2D eigenvalue weighted by molar-refractivity contribution is -0.138. The second kappa shape index (κ2) is 7.55. The van der Waals surface area contributed by atoms with E-state index < -0.39 is 17.7 Å². The Morgan fingerprint density at radius 2 is 2.00 bits per heavy atom. The first-order valence-electron chi connectivity index (χ1n) is 6.63. The average molecular weight is 276 g/mol. The van der Waals surface area contributed by atoms with Gasteiger partial charge < -0.3 is 11.1 Å². The van der Waals surface area contributed by atoms with Crippen LogP contribution in [-0.4, -0.2) is 23.5 Å². The SMILES string of the molecule is CCCC(N)C(=O)C(=O)NCc1cccc(C(C)=O)c1. The lowest BCUT2D eigenvalue weighted by atomic mass is 10.1. The molecule has 5 heteroatoms. The van der Waals surface area contributed by atoms with Gasteiger partial charge in [0.15, 0.2) is 5.78 Å². The summed E-state index contributed by atoms with van der Waals surface area (Å²) in [5.74, 6) is -1.33. The third-order valence-corrected chi connectivity index (χ3v) is 2.95. The van der Waals surface area contributed by atoms with Crippen LogP contribution in [0, 0.1) is 0 Å². The summed E-state index contributed by atoms with van der Waals surface area (Å²) in [5, 5.41) is 2.52. The minimum atomic E-state index is -0.747. The highest BCUT2D eigenvalue weighted by atomic mass is 16.2. The van der Waals surface area contributed by atoms with Crippen molar-refractivity contribution >= 4 is 17.5 Å². The van der Waals surface area contributed by atoms with Gasteiger partial charge in [-0.1, -0.05) is 31.5 Å². The van der Waals surface area contributed by atoms with Crippen LogP contribution in [0.15, 0.2) is 24.3 Å². The standard InChI is InChI=1S/C15H20N2O3/c1-3-5-13(16)14(19)15(20)17-9-11-6-4-7-12(8-11)10(2)18/h4,6-8,13H,3,5,9,16H2,1-2H3,(H,17,20).